The summed E-state index contributed by atoms with van der Waals surface area (Å²) in [4.78, 5) is 24.6. The van der Waals surface area contributed by atoms with E-state index in [0.717, 1.165) is 10.4 Å². The molecule has 4 heterocycles. The monoisotopic (exact) mass is 528 g/mol. The van der Waals surface area contributed by atoms with Crippen LogP contribution in [0.5, 0.6) is 5.75 Å². The third kappa shape index (κ3) is 4.81. The minimum atomic E-state index is -3.52. The van der Waals surface area contributed by atoms with Crippen molar-refractivity contribution in [2.45, 2.75) is 23.6 Å². The first-order valence-corrected chi connectivity index (χ1v) is 14.3. The van der Waals surface area contributed by atoms with E-state index in [9.17, 15) is 13.2 Å². The van der Waals surface area contributed by atoms with Crippen molar-refractivity contribution in [2.75, 3.05) is 25.1 Å². The molecule has 35 heavy (non-hydrogen) atoms. The summed E-state index contributed by atoms with van der Waals surface area (Å²) in [7, 11) is -1.92. The molecule has 0 unspecified atom stereocenters. The molecule has 5 rings (SSSR count). The Hall–Kier alpha value is -2.86. The van der Waals surface area contributed by atoms with Crippen molar-refractivity contribution in [1.82, 2.24) is 14.3 Å². The quantitative estimate of drug-likeness (QED) is 0.353. The van der Waals surface area contributed by atoms with Crippen LogP contribution in [0.2, 0.25) is 0 Å². The molecule has 1 fully saturated rings. The summed E-state index contributed by atoms with van der Waals surface area (Å²) < 4.78 is 34.0. The van der Waals surface area contributed by atoms with Gasteiger partial charge in [0, 0.05) is 25.2 Å². The van der Waals surface area contributed by atoms with E-state index in [1.807, 2.05) is 36.4 Å². The van der Waals surface area contributed by atoms with E-state index in [2.05, 4.69) is 4.98 Å². The number of methoxy groups -OCH3 is 1. The van der Waals surface area contributed by atoms with E-state index in [0.29, 0.717) is 46.5 Å². The van der Waals surface area contributed by atoms with Crippen molar-refractivity contribution in [3.05, 3.63) is 65.8 Å². The molecule has 182 valence electrons. The molecule has 4 aromatic rings. The average Bonchev–Trinajstić information content (AvgIpc) is 3.58. The number of anilines is 1. The van der Waals surface area contributed by atoms with E-state index >= 15 is 0 Å². The van der Waals surface area contributed by atoms with E-state index in [4.69, 9.17) is 9.72 Å². The summed E-state index contributed by atoms with van der Waals surface area (Å²) in [6, 6.07) is 14.7. The van der Waals surface area contributed by atoms with E-state index in [-0.39, 0.29) is 18.4 Å². The number of fused-ring (bicyclic) bond motifs is 1. The minimum Gasteiger partial charge on any atom is -0.494 e. The fraction of sp³-hybridized carbons (Fsp3) is 0.292. The number of nitrogens with zero attached hydrogens (tertiary/aromatic N) is 4. The van der Waals surface area contributed by atoms with Crippen LogP contribution in [0.1, 0.15) is 18.5 Å². The van der Waals surface area contributed by atoms with E-state index in [1.54, 1.807) is 35.7 Å². The number of pyridine rings is 1. The Morgan fingerprint density at radius 3 is 2.66 bits per heavy atom. The Balaban J connectivity index is 1.40. The van der Waals surface area contributed by atoms with Gasteiger partial charge in [0.2, 0.25) is 5.91 Å². The molecule has 0 N–H and O–H groups in total. The number of thiophene rings is 1. The zero-order valence-electron chi connectivity index (χ0n) is 19.0. The number of ether oxygens (including phenoxy) is 1. The minimum absolute atomic E-state index is 0.0677. The molecule has 3 aromatic heterocycles. The largest absolute Gasteiger partial charge is 0.494 e. The lowest BCUT2D eigenvalue weighted by molar-refractivity contribution is -0.123. The van der Waals surface area contributed by atoms with Crippen molar-refractivity contribution in [2.24, 2.45) is 5.92 Å². The first kappa shape index (κ1) is 23.9. The summed E-state index contributed by atoms with van der Waals surface area (Å²) in [6.07, 6.45) is 2.61. The second-order valence-corrected chi connectivity index (χ2v) is 12.3. The van der Waals surface area contributed by atoms with Gasteiger partial charge in [-0.1, -0.05) is 29.5 Å². The Morgan fingerprint density at radius 1 is 1.14 bits per heavy atom. The second-order valence-electron chi connectivity index (χ2n) is 8.16. The van der Waals surface area contributed by atoms with Crippen LogP contribution in [0.15, 0.2) is 64.3 Å². The van der Waals surface area contributed by atoms with Gasteiger partial charge < -0.3 is 4.74 Å². The molecule has 0 saturated carbocycles. The number of carbonyl (C=O) groups is 1. The standard InChI is InChI=1S/C24H24N4O4S3/c1-32-19-7-4-8-20-22(19)26-24(34-20)28(16-18-6-2-3-12-25-18)23(29)17-10-13-27(14-11-17)35(30,31)21-9-5-15-33-21/h2-9,12,15,17H,10-11,13-14,16H2,1H3. The first-order chi connectivity index (χ1) is 17.0. The lowest BCUT2D eigenvalue weighted by Crippen LogP contribution is -2.44. The number of hydrogen-bond acceptors (Lipinski definition) is 8. The molecule has 0 spiro atoms. The Morgan fingerprint density at radius 2 is 1.97 bits per heavy atom. The van der Waals surface area contributed by atoms with Crippen LogP contribution < -0.4 is 9.64 Å². The number of carbonyl (C=O) groups excluding carboxylic acids is 1. The predicted molar refractivity (Wildman–Crippen MR) is 137 cm³/mol. The summed E-state index contributed by atoms with van der Waals surface area (Å²) in [5.41, 5.74) is 1.47. The number of piperidine rings is 1. The van der Waals surface area contributed by atoms with Crippen LogP contribution in [0.25, 0.3) is 10.2 Å². The highest BCUT2D eigenvalue weighted by molar-refractivity contribution is 7.91. The molecular weight excluding hydrogens is 504 g/mol. The van der Waals surface area contributed by atoms with Gasteiger partial charge in [-0.15, -0.1) is 11.3 Å². The van der Waals surface area contributed by atoms with Crippen LogP contribution in [-0.2, 0) is 21.4 Å². The molecule has 11 heteroatoms. The number of amides is 1. The van der Waals surface area contributed by atoms with Gasteiger partial charge >= 0.3 is 0 Å². The molecule has 0 radical (unpaired) electrons. The van der Waals surface area contributed by atoms with Crippen LogP contribution in [0.3, 0.4) is 0 Å². The highest BCUT2D eigenvalue weighted by Gasteiger charge is 2.35. The lowest BCUT2D eigenvalue weighted by atomic mass is 9.96. The van der Waals surface area contributed by atoms with Gasteiger partial charge in [0.25, 0.3) is 10.0 Å². The molecule has 1 aliphatic rings. The molecule has 8 nitrogen and oxygen atoms in total. The average molecular weight is 529 g/mol. The fourth-order valence-electron chi connectivity index (χ4n) is 4.19. The second kappa shape index (κ2) is 10.0. The predicted octanol–water partition coefficient (Wildman–Crippen LogP) is 4.40. The van der Waals surface area contributed by atoms with Crippen molar-refractivity contribution in [1.29, 1.82) is 0 Å². The zero-order chi connectivity index (χ0) is 24.4. The molecule has 1 saturated heterocycles. The molecule has 1 aliphatic heterocycles. The number of sulfonamides is 1. The maximum absolute atomic E-state index is 13.8. The van der Waals surface area contributed by atoms with E-state index < -0.39 is 10.0 Å². The normalized spacial score (nSPS) is 15.3. The van der Waals surface area contributed by atoms with Gasteiger partial charge in [-0.2, -0.15) is 4.31 Å². The van der Waals surface area contributed by atoms with Gasteiger partial charge in [0.05, 0.1) is 24.0 Å². The zero-order valence-corrected chi connectivity index (χ0v) is 21.5. The highest BCUT2D eigenvalue weighted by atomic mass is 32.2. The van der Waals surface area contributed by atoms with Gasteiger partial charge in [-0.05, 0) is 48.6 Å². The highest BCUT2D eigenvalue weighted by Crippen LogP contribution is 2.36. The number of hydrogen-bond donors (Lipinski definition) is 0. The molecular formula is C24H24N4O4S3. The van der Waals surface area contributed by atoms with Crippen LogP contribution >= 0.6 is 22.7 Å². The van der Waals surface area contributed by atoms with Crippen LogP contribution in [0.4, 0.5) is 5.13 Å². The summed E-state index contributed by atoms with van der Waals surface area (Å²) >= 11 is 2.64. The van der Waals surface area contributed by atoms with E-state index in [1.165, 1.54) is 27.0 Å². The molecule has 0 bridgehead atoms. The molecule has 0 atom stereocenters. The van der Waals surface area contributed by atoms with Gasteiger partial charge in [0.15, 0.2) is 5.13 Å². The van der Waals surface area contributed by atoms with Gasteiger partial charge in [-0.3, -0.25) is 14.7 Å². The Bertz CT molecular complexity index is 1410. The van der Waals surface area contributed by atoms with Crippen LogP contribution in [0, 0.1) is 5.92 Å². The number of thiazole rings is 1. The molecule has 1 aromatic carbocycles. The van der Waals surface area contributed by atoms with Crippen molar-refractivity contribution < 1.29 is 17.9 Å². The maximum atomic E-state index is 13.8. The SMILES string of the molecule is COc1cccc2sc(N(Cc3ccccn3)C(=O)C3CCN(S(=O)(=O)c4cccs4)CC3)nc12. The number of benzene rings is 1. The van der Waals surface area contributed by atoms with Gasteiger partial charge in [0.1, 0.15) is 15.5 Å². The van der Waals surface area contributed by atoms with Gasteiger partial charge in [-0.25, -0.2) is 13.4 Å². The molecule has 0 aliphatic carbocycles. The molecule has 1 amide bonds. The number of para-hydroxylation sites is 1. The number of rotatable bonds is 7. The maximum Gasteiger partial charge on any atom is 0.252 e. The van der Waals surface area contributed by atoms with Crippen molar-refractivity contribution in [3.63, 3.8) is 0 Å². The first-order valence-electron chi connectivity index (χ1n) is 11.2. The number of aromatic nitrogens is 2. The van der Waals surface area contributed by atoms with Crippen LogP contribution in [-0.4, -0.2) is 48.8 Å². The van der Waals surface area contributed by atoms with Crippen molar-refractivity contribution >= 4 is 54.0 Å². The third-order valence-electron chi connectivity index (χ3n) is 6.03. The Labute approximate surface area is 211 Å². The fourth-order valence-corrected chi connectivity index (χ4v) is 7.79. The summed E-state index contributed by atoms with van der Waals surface area (Å²) in [5, 5.41) is 2.33. The summed E-state index contributed by atoms with van der Waals surface area (Å²) in [6.45, 7) is 0.902. The topological polar surface area (TPSA) is 92.7 Å². The third-order valence-corrected chi connectivity index (χ3v) is 10.3. The van der Waals surface area contributed by atoms with Crippen molar-refractivity contribution in [3.8, 4) is 5.75 Å². The lowest BCUT2D eigenvalue weighted by Gasteiger charge is -2.32. The smallest absolute Gasteiger partial charge is 0.252 e. The Kier molecular flexibility index (Phi) is 6.83. The summed E-state index contributed by atoms with van der Waals surface area (Å²) in [5.74, 6) is 0.284.